The Kier molecular flexibility index (Phi) is 9.25. The number of aryl methyl sites for hydroxylation is 1. The monoisotopic (exact) mass is 483 g/mol. The standard InChI is InChI=1S/C26H30N2O5S/c1-5-31-24(29)9-7-6-8-16-28-18-21(17-23-25(28)27-19(2)26(23,3)4)11-10-20-12-14-22(15-13-20)34-33-32-30/h12-15,17-18H,5-9,16H2,1-4H3/p+1. The van der Waals surface area contributed by atoms with Gasteiger partial charge in [-0.2, -0.15) is 0 Å². The number of esters is 1. The van der Waals surface area contributed by atoms with Gasteiger partial charge in [0.15, 0.2) is 0 Å². The Labute approximate surface area is 205 Å². The Balaban J connectivity index is 1.75. The van der Waals surface area contributed by atoms with E-state index in [0.29, 0.717) is 13.0 Å². The molecule has 0 bridgehead atoms. The van der Waals surface area contributed by atoms with Crippen LogP contribution >= 0.6 is 12.0 Å². The summed E-state index contributed by atoms with van der Waals surface area (Å²) in [5.74, 6) is 7.37. The van der Waals surface area contributed by atoms with Gasteiger partial charge in [0.25, 0.3) is 0 Å². The number of carbonyl (C=O) groups is 1. The summed E-state index contributed by atoms with van der Waals surface area (Å²) in [6.45, 7) is 9.51. The maximum Gasteiger partial charge on any atom is 0.327 e. The molecule has 0 unspecified atom stereocenters. The zero-order valence-electron chi connectivity index (χ0n) is 20.1. The van der Waals surface area contributed by atoms with E-state index < -0.39 is 0 Å². The number of hydrogen-bond acceptors (Lipinski definition) is 7. The molecule has 1 N–H and O–H groups in total. The molecule has 0 aliphatic carbocycles. The normalized spacial score (nSPS) is 13.6. The smallest absolute Gasteiger partial charge is 0.327 e. The van der Waals surface area contributed by atoms with Gasteiger partial charge in [-0.15, -0.1) is 4.33 Å². The summed E-state index contributed by atoms with van der Waals surface area (Å²) in [6, 6.07) is 9.59. The first-order chi connectivity index (χ1) is 16.3. The summed E-state index contributed by atoms with van der Waals surface area (Å²) >= 11 is 0.912. The maximum absolute atomic E-state index is 11.6. The van der Waals surface area contributed by atoms with Crippen molar-refractivity contribution in [1.29, 1.82) is 0 Å². The van der Waals surface area contributed by atoms with E-state index in [1.165, 1.54) is 5.56 Å². The third-order valence-corrected chi connectivity index (χ3v) is 6.50. The van der Waals surface area contributed by atoms with Gasteiger partial charge in [-0.25, -0.2) is 9.82 Å². The molecule has 1 aliphatic heterocycles. The van der Waals surface area contributed by atoms with Crippen molar-refractivity contribution in [3.8, 4) is 11.8 Å². The highest BCUT2D eigenvalue weighted by Gasteiger charge is 2.41. The zero-order valence-corrected chi connectivity index (χ0v) is 20.9. The summed E-state index contributed by atoms with van der Waals surface area (Å²) < 4.78 is 11.6. The first kappa shape index (κ1) is 25.9. The Morgan fingerprint density at radius 2 is 1.88 bits per heavy atom. The number of pyridine rings is 1. The third kappa shape index (κ3) is 6.67. The molecular weight excluding hydrogens is 452 g/mol. The molecule has 0 spiro atoms. The number of benzene rings is 1. The second-order valence-corrected chi connectivity index (χ2v) is 9.37. The molecule has 0 saturated carbocycles. The topological polar surface area (TPSA) is 81.2 Å². The van der Waals surface area contributed by atoms with Crippen molar-refractivity contribution in [3.63, 3.8) is 0 Å². The Morgan fingerprint density at radius 1 is 1.15 bits per heavy atom. The minimum atomic E-state index is -0.146. The predicted octanol–water partition coefficient (Wildman–Crippen LogP) is 5.31. The Bertz CT molecular complexity index is 1100. The van der Waals surface area contributed by atoms with Crippen LogP contribution in [0.1, 0.15) is 70.1 Å². The summed E-state index contributed by atoms with van der Waals surface area (Å²) in [5.41, 5.74) is 3.92. The highest BCUT2D eigenvalue weighted by molar-refractivity contribution is 7.94. The van der Waals surface area contributed by atoms with Crippen molar-refractivity contribution in [1.82, 2.24) is 0 Å². The summed E-state index contributed by atoms with van der Waals surface area (Å²) in [6.07, 6.45) is 5.23. The third-order valence-electron chi connectivity index (χ3n) is 5.91. The molecule has 0 saturated heterocycles. The van der Waals surface area contributed by atoms with E-state index in [1.807, 2.05) is 31.2 Å². The van der Waals surface area contributed by atoms with Crippen molar-refractivity contribution in [2.24, 2.45) is 4.99 Å². The second-order valence-electron chi connectivity index (χ2n) is 8.60. The minimum absolute atomic E-state index is 0.129. The average molecular weight is 484 g/mol. The summed E-state index contributed by atoms with van der Waals surface area (Å²) in [5, 5.41) is 11.9. The van der Waals surface area contributed by atoms with Crippen LogP contribution in [0.5, 0.6) is 0 Å². The minimum Gasteiger partial charge on any atom is -0.466 e. The lowest BCUT2D eigenvalue weighted by atomic mass is 9.82. The van der Waals surface area contributed by atoms with Gasteiger partial charge in [-0.3, -0.25) is 4.79 Å². The van der Waals surface area contributed by atoms with Gasteiger partial charge in [0.05, 0.1) is 41.7 Å². The van der Waals surface area contributed by atoms with Crippen LogP contribution in [0.2, 0.25) is 0 Å². The van der Waals surface area contributed by atoms with Crippen LogP contribution in [0.15, 0.2) is 46.4 Å². The molecule has 0 fully saturated rings. The summed E-state index contributed by atoms with van der Waals surface area (Å²) in [7, 11) is 0. The number of aliphatic imine (C=N–C) groups is 1. The van der Waals surface area contributed by atoms with Crippen LogP contribution in [0.3, 0.4) is 0 Å². The van der Waals surface area contributed by atoms with Crippen molar-refractivity contribution in [2.45, 2.75) is 70.2 Å². The van der Waals surface area contributed by atoms with Gasteiger partial charge in [0.2, 0.25) is 0 Å². The molecule has 1 aliphatic rings. The zero-order chi connectivity index (χ0) is 24.6. The number of nitrogens with zero attached hydrogens (tertiary/aromatic N) is 2. The summed E-state index contributed by atoms with van der Waals surface area (Å²) in [4.78, 5) is 17.2. The predicted molar refractivity (Wildman–Crippen MR) is 131 cm³/mol. The Hall–Kier alpha value is -2.70. The lowest BCUT2D eigenvalue weighted by Gasteiger charge is -2.16. The molecule has 2 heterocycles. The molecule has 8 heteroatoms. The highest BCUT2D eigenvalue weighted by Crippen LogP contribution is 2.38. The van der Waals surface area contributed by atoms with Gasteiger partial charge in [0.1, 0.15) is 11.9 Å². The largest absolute Gasteiger partial charge is 0.466 e. The molecule has 2 aromatic rings. The fraction of sp³-hybridized carbons (Fsp3) is 0.423. The molecule has 3 rings (SSSR count). The molecular formula is C26H31N2O5S+. The van der Waals surface area contributed by atoms with Gasteiger partial charge in [0, 0.05) is 16.9 Å². The first-order valence-corrected chi connectivity index (χ1v) is 12.2. The molecule has 180 valence electrons. The SMILES string of the molecule is CCOC(=O)CCCCC[n+]1cc(C#Cc2ccc(SOOO)cc2)cc2c1N=C(C)C2(C)C. The number of aromatic nitrogens is 1. The molecule has 1 aromatic heterocycles. The number of unbranched alkanes of at least 4 members (excludes halogenated alkanes) is 2. The van der Waals surface area contributed by atoms with E-state index in [0.717, 1.165) is 65.4 Å². The quantitative estimate of drug-likeness (QED) is 0.0938. The lowest BCUT2D eigenvalue weighted by molar-refractivity contribution is -0.685. The van der Waals surface area contributed by atoms with Gasteiger partial charge in [-0.05, 0) is 82.3 Å². The fourth-order valence-electron chi connectivity index (χ4n) is 3.71. The fourth-order valence-corrected chi connectivity index (χ4v) is 4.07. The molecule has 0 radical (unpaired) electrons. The molecule has 34 heavy (non-hydrogen) atoms. The van der Waals surface area contributed by atoms with Crippen LogP contribution < -0.4 is 4.57 Å². The number of carbonyl (C=O) groups excluding carboxylic acids is 1. The first-order valence-electron chi connectivity index (χ1n) is 11.4. The van der Waals surface area contributed by atoms with E-state index in [9.17, 15) is 4.79 Å². The van der Waals surface area contributed by atoms with Crippen LogP contribution in [-0.2, 0) is 30.9 Å². The van der Waals surface area contributed by atoms with Crippen LogP contribution in [-0.4, -0.2) is 23.5 Å². The van der Waals surface area contributed by atoms with E-state index in [1.54, 1.807) is 0 Å². The maximum atomic E-state index is 11.6. The molecule has 0 atom stereocenters. The van der Waals surface area contributed by atoms with Gasteiger partial charge < -0.3 is 4.74 Å². The number of fused-ring (bicyclic) bond motifs is 1. The van der Waals surface area contributed by atoms with E-state index in [-0.39, 0.29) is 11.4 Å². The van der Waals surface area contributed by atoms with Crippen LogP contribution in [0.4, 0.5) is 5.82 Å². The molecule has 0 amide bonds. The second kappa shape index (κ2) is 12.1. The van der Waals surface area contributed by atoms with Crippen molar-refractivity contribution >= 4 is 29.5 Å². The van der Waals surface area contributed by atoms with Gasteiger partial charge >= 0.3 is 11.8 Å². The number of hydrogen-bond donors (Lipinski definition) is 1. The van der Waals surface area contributed by atoms with Crippen molar-refractivity contribution in [3.05, 3.63) is 53.2 Å². The Morgan fingerprint density at radius 3 is 2.59 bits per heavy atom. The number of rotatable bonds is 10. The van der Waals surface area contributed by atoms with Gasteiger partial charge in [-0.1, -0.05) is 16.9 Å². The van der Waals surface area contributed by atoms with Crippen LogP contribution in [0.25, 0.3) is 0 Å². The van der Waals surface area contributed by atoms with E-state index >= 15 is 0 Å². The number of ether oxygens (including phenoxy) is 1. The average Bonchev–Trinajstić information content (AvgIpc) is 3.05. The van der Waals surface area contributed by atoms with Crippen LogP contribution in [0, 0.1) is 11.8 Å². The van der Waals surface area contributed by atoms with Crippen molar-refractivity contribution < 1.29 is 28.7 Å². The molecule has 7 nitrogen and oxygen atoms in total. The molecule has 1 aromatic carbocycles. The van der Waals surface area contributed by atoms with E-state index in [2.05, 4.69) is 58.8 Å². The van der Waals surface area contributed by atoms with Crippen molar-refractivity contribution in [2.75, 3.05) is 6.61 Å². The highest BCUT2D eigenvalue weighted by atomic mass is 32.2. The lowest BCUT2D eigenvalue weighted by Crippen LogP contribution is -2.35. The van der Waals surface area contributed by atoms with E-state index in [4.69, 9.17) is 15.0 Å².